The number of nitrogens with two attached hydrogens (primary N) is 1. The molecule has 1 aliphatic rings. The molecule has 2 atom stereocenters. The third-order valence-electron chi connectivity index (χ3n) is 6.59. The number of hydrogen-bond acceptors (Lipinski definition) is 6. The van der Waals surface area contributed by atoms with E-state index in [-0.39, 0.29) is 23.1 Å². The van der Waals surface area contributed by atoms with E-state index in [2.05, 4.69) is 12.2 Å². The van der Waals surface area contributed by atoms with Gasteiger partial charge in [0.15, 0.2) is 0 Å². The highest BCUT2D eigenvalue weighted by Crippen LogP contribution is 2.43. The summed E-state index contributed by atoms with van der Waals surface area (Å²) in [5, 5.41) is 23.9. The molecular weight excluding hydrogens is 446 g/mol. The van der Waals surface area contributed by atoms with Crippen LogP contribution in [0, 0.1) is 11.7 Å². The Hall–Kier alpha value is -3.82. The zero-order valence-electron chi connectivity index (χ0n) is 19.1. The van der Waals surface area contributed by atoms with Crippen molar-refractivity contribution in [2.45, 2.75) is 25.8 Å². The number of anilines is 1. The molecule has 1 aromatic heterocycles. The highest BCUT2D eigenvalue weighted by atomic mass is 19.1. The second-order valence-corrected chi connectivity index (χ2v) is 8.93. The van der Waals surface area contributed by atoms with Gasteiger partial charge in [-0.15, -0.1) is 0 Å². The summed E-state index contributed by atoms with van der Waals surface area (Å²) in [6, 6.07) is 16.9. The first-order valence-electron chi connectivity index (χ1n) is 11.4. The molecule has 35 heavy (non-hydrogen) atoms. The molecule has 0 saturated heterocycles. The summed E-state index contributed by atoms with van der Waals surface area (Å²) in [6.45, 7) is 2.38. The average molecular weight is 470 g/mol. The minimum atomic E-state index is -1.72. The van der Waals surface area contributed by atoms with Crippen molar-refractivity contribution in [3.05, 3.63) is 94.6 Å². The predicted octanol–water partition coefficient (Wildman–Crippen LogP) is 2.48. The van der Waals surface area contributed by atoms with Gasteiger partial charge in [-0.1, -0.05) is 43.3 Å². The zero-order valence-corrected chi connectivity index (χ0v) is 19.1. The molecule has 0 bridgehead atoms. The van der Waals surface area contributed by atoms with Crippen LogP contribution >= 0.6 is 0 Å². The Bertz CT molecular complexity index is 1450. The molecule has 1 aliphatic carbocycles. The SMILES string of the molecule is CC1Cc2c(C(N)=O)cccc2C1c1nc(NCc2cccc(F)c2)c2cccc(B(O)O)c2n1. The van der Waals surface area contributed by atoms with E-state index in [1.165, 1.54) is 12.1 Å². The van der Waals surface area contributed by atoms with Crippen LogP contribution in [-0.2, 0) is 13.0 Å². The number of carbonyl (C=O) groups excluding carboxylic acids is 1. The first kappa shape index (κ1) is 23.0. The van der Waals surface area contributed by atoms with Gasteiger partial charge in [0.05, 0.1) is 5.52 Å². The van der Waals surface area contributed by atoms with Gasteiger partial charge in [-0.3, -0.25) is 4.79 Å². The van der Waals surface area contributed by atoms with E-state index in [4.69, 9.17) is 15.7 Å². The maximum atomic E-state index is 13.7. The van der Waals surface area contributed by atoms with Crippen molar-refractivity contribution in [2.75, 3.05) is 5.32 Å². The summed E-state index contributed by atoms with van der Waals surface area (Å²) in [5.41, 5.74) is 9.35. The third kappa shape index (κ3) is 4.24. The number of aromatic nitrogens is 2. The molecule has 2 unspecified atom stereocenters. The van der Waals surface area contributed by atoms with Crippen LogP contribution < -0.4 is 16.5 Å². The number of primary amides is 1. The number of amides is 1. The number of halogens is 1. The van der Waals surface area contributed by atoms with E-state index in [1.807, 2.05) is 12.1 Å². The Labute approximate surface area is 202 Å². The summed E-state index contributed by atoms with van der Waals surface area (Å²) in [7, 11) is -1.72. The maximum absolute atomic E-state index is 13.7. The lowest BCUT2D eigenvalue weighted by Gasteiger charge is -2.19. The van der Waals surface area contributed by atoms with Crippen LogP contribution in [0.25, 0.3) is 10.9 Å². The topological polar surface area (TPSA) is 121 Å². The molecule has 5 N–H and O–H groups in total. The summed E-state index contributed by atoms with van der Waals surface area (Å²) in [6.07, 6.45) is 0.650. The van der Waals surface area contributed by atoms with Crippen LogP contribution in [0.15, 0.2) is 60.7 Å². The number of carbonyl (C=O) groups is 1. The highest BCUT2D eigenvalue weighted by molar-refractivity contribution is 6.61. The number of nitrogens with one attached hydrogen (secondary N) is 1. The first-order chi connectivity index (χ1) is 16.8. The molecule has 4 aromatic rings. The van der Waals surface area contributed by atoms with Crippen molar-refractivity contribution < 1.29 is 19.2 Å². The molecule has 0 spiro atoms. The lowest BCUT2D eigenvalue weighted by Crippen LogP contribution is -2.31. The van der Waals surface area contributed by atoms with Crippen molar-refractivity contribution in [1.29, 1.82) is 0 Å². The van der Waals surface area contributed by atoms with Crippen LogP contribution in [0.1, 0.15) is 45.7 Å². The van der Waals surface area contributed by atoms with E-state index in [1.54, 1.807) is 36.4 Å². The van der Waals surface area contributed by atoms with Crippen molar-refractivity contribution in [2.24, 2.45) is 11.7 Å². The summed E-state index contributed by atoms with van der Waals surface area (Å²) in [5.74, 6) is 0.0726. The predicted molar refractivity (Wildman–Crippen MR) is 133 cm³/mol. The van der Waals surface area contributed by atoms with Gasteiger partial charge in [-0.25, -0.2) is 14.4 Å². The van der Waals surface area contributed by atoms with Gasteiger partial charge >= 0.3 is 7.12 Å². The van der Waals surface area contributed by atoms with Crippen LogP contribution in [0.5, 0.6) is 0 Å². The van der Waals surface area contributed by atoms with Crippen molar-refractivity contribution in [3.63, 3.8) is 0 Å². The van der Waals surface area contributed by atoms with Gasteiger partial charge in [-0.2, -0.15) is 0 Å². The summed E-state index contributed by atoms with van der Waals surface area (Å²) >= 11 is 0. The van der Waals surface area contributed by atoms with Gasteiger partial charge in [0.2, 0.25) is 5.91 Å². The molecule has 0 saturated carbocycles. The normalized spacial score (nSPS) is 16.8. The standard InChI is InChI=1S/C26H24BFN4O3/c1-14-11-20-17(7-3-8-18(20)24(29)33)22(14)26-31-23-19(9-4-10-21(23)27(34)35)25(32-26)30-13-15-5-2-6-16(28)12-15/h2-10,12,14,22,34-35H,11,13H2,1H3,(H2,29,33)(H,30,31,32). The third-order valence-corrected chi connectivity index (χ3v) is 6.59. The van der Waals surface area contributed by atoms with Crippen LogP contribution in [-0.4, -0.2) is 33.0 Å². The number of para-hydroxylation sites is 1. The number of nitrogens with zero attached hydrogens (tertiary/aromatic N) is 2. The lowest BCUT2D eigenvalue weighted by atomic mass is 9.78. The summed E-state index contributed by atoms with van der Waals surface area (Å²) in [4.78, 5) is 21.6. The fourth-order valence-electron chi connectivity index (χ4n) is 5.00. The fourth-order valence-corrected chi connectivity index (χ4v) is 5.00. The zero-order chi connectivity index (χ0) is 24.7. The van der Waals surface area contributed by atoms with Gasteiger partial charge in [0.25, 0.3) is 0 Å². The Kier molecular flexibility index (Phi) is 5.96. The molecule has 1 amide bonds. The minimum absolute atomic E-state index is 0.0882. The molecular formula is C26H24BFN4O3. The molecule has 7 nitrogen and oxygen atoms in total. The Morgan fingerprint density at radius 3 is 2.66 bits per heavy atom. The highest BCUT2D eigenvalue weighted by Gasteiger charge is 2.35. The van der Waals surface area contributed by atoms with E-state index < -0.39 is 13.0 Å². The number of fused-ring (bicyclic) bond motifs is 2. The molecule has 9 heteroatoms. The smallest absolute Gasteiger partial charge is 0.423 e. The summed E-state index contributed by atoms with van der Waals surface area (Å²) < 4.78 is 13.7. The Balaban J connectivity index is 1.65. The molecule has 176 valence electrons. The monoisotopic (exact) mass is 470 g/mol. The molecule has 0 radical (unpaired) electrons. The van der Waals surface area contributed by atoms with E-state index in [0.29, 0.717) is 41.1 Å². The second kappa shape index (κ2) is 9.09. The molecule has 0 aliphatic heterocycles. The van der Waals surface area contributed by atoms with Gasteiger partial charge in [0, 0.05) is 28.9 Å². The fraction of sp³-hybridized carbons (Fsp3) is 0.192. The largest absolute Gasteiger partial charge is 0.490 e. The molecule has 0 fully saturated rings. The van der Waals surface area contributed by atoms with Crippen molar-refractivity contribution in [1.82, 2.24) is 9.97 Å². The molecule has 5 rings (SSSR count). The minimum Gasteiger partial charge on any atom is -0.423 e. The van der Waals surface area contributed by atoms with Gasteiger partial charge in [-0.05, 0) is 53.3 Å². The first-order valence-corrected chi connectivity index (χ1v) is 11.4. The van der Waals surface area contributed by atoms with Gasteiger partial charge < -0.3 is 21.1 Å². The Morgan fingerprint density at radius 2 is 1.91 bits per heavy atom. The average Bonchev–Trinajstić information content (AvgIpc) is 3.17. The number of rotatable bonds is 6. The molecule has 1 heterocycles. The number of hydrogen-bond donors (Lipinski definition) is 4. The van der Waals surface area contributed by atoms with Crippen molar-refractivity contribution in [3.8, 4) is 0 Å². The quantitative estimate of drug-likeness (QED) is 0.322. The number of benzene rings is 3. The van der Waals surface area contributed by atoms with E-state index >= 15 is 0 Å². The van der Waals surface area contributed by atoms with Crippen LogP contribution in [0.3, 0.4) is 0 Å². The Morgan fingerprint density at radius 1 is 1.14 bits per heavy atom. The van der Waals surface area contributed by atoms with Crippen LogP contribution in [0.4, 0.5) is 10.2 Å². The lowest BCUT2D eigenvalue weighted by molar-refractivity contribution is 0.0999. The van der Waals surface area contributed by atoms with Crippen molar-refractivity contribution >= 4 is 35.2 Å². The van der Waals surface area contributed by atoms with Gasteiger partial charge in [0.1, 0.15) is 17.5 Å². The van der Waals surface area contributed by atoms with E-state index in [0.717, 1.165) is 16.7 Å². The molecule has 3 aromatic carbocycles. The second-order valence-electron chi connectivity index (χ2n) is 8.93. The maximum Gasteiger partial charge on any atom is 0.490 e. The van der Waals surface area contributed by atoms with E-state index in [9.17, 15) is 19.2 Å². The van der Waals surface area contributed by atoms with Crippen LogP contribution in [0.2, 0.25) is 0 Å².